The molecule has 1 aromatic carbocycles. The number of aryl methyl sites for hydroxylation is 1. The first-order chi connectivity index (χ1) is 8.08. The van der Waals surface area contributed by atoms with Gasteiger partial charge >= 0.3 is 0 Å². The van der Waals surface area contributed by atoms with Crippen molar-refractivity contribution in [3.05, 3.63) is 29.8 Å². The van der Waals surface area contributed by atoms with Crippen molar-refractivity contribution >= 4 is 28.1 Å². The van der Waals surface area contributed by atoms with E-state index in [9.17, 15) is 0 Å². The Hall–Kier alpha value is -1.00. The van der Waals surface area contributed by atoms with Crippen LogP contribution in [0, 0.1) is 6.92 Å². The van der Waals surface area contributed by atoms with Crippen LogP contribution in [0.3, 0.4) is 0 Å². The quantitative estimate of drug-likeness (QED) is 0.844. The molecule has 2 N–H and O–H groups in total. The number of hydrogen-bond donors (Lipinski definition) is 1. The maximum Gasteiger partial charge on any atom is 0.152 e. The fourth-order valence-corrected chi connectivity index (χ4v) is 3.76. The molecular weight excluding hydrogens is 248 g/mol. The summed E-state index contributed by atoms with van der Waals surface area (Å²) in [5, 5.41) is 1.34. The predicted molar refractivity (Wildman–Crippen MR) is 77.7 cm³/mol. The van der Waals surface area contributed by atoms with Crippen LogP contribution in [0.15, 0.2) is 28.6 Å². The second kappa shape index (κ2) is 5.10. The van der Waals surface area contributed by atoms with E-state index in [1.54, 1.807) is 23.1 Å². The Morgan fingerprint density at radius 2 is 2.00 bits per heavy atom. The Morgan fingerprint density at radius 1 is 1.29 bits per heavy atom. The summed E-state index contributed by atoms with van der Waals surface area (Å²) in [5.74, 6) is 0. The van der Waals surface area contributed by atoms with Gasteiger partial charge in [-0.3, -0.25) is 0 Å². The molecule has 0 aliphatic heterocycles. The standard InChI is InChI=1S/C13H16N2S2/c1-8(2)16-13-15-11(12(14)17-13)10-7-5-4-6-9(10)3/h4-8H,14H2,1-3H3. The van der Waals surface area contributed by atoms with Gasteiger partial charge in [-0.05, 0) is 12.5 Å². The second-order valence-electron chi connectivity index (χ2n) is 4.17. The van der Waals surface area contributed by atoms with Crippen molar-refractivity contribution in [2.75, 3.05) is 5.73 Å². The van der Waals surface area contributed by atoms with Gasteiger partial charge in [0.2, 0.25) is 0 Å². The Balaban J connectivity index is 2.40. The van der Waals surface area contributed by atoms with Gasteiger partial charge in [0.15, 0.2) is 4.34 Å². The number of benzene rings is 1. The number of nitrogens with two attached hydrogens (primary N) is 1. The molecular formula is C13H16N2S2. The third-order valence-electron chi connectivity index (χ3n) is 2.37. The summed E-state index contributed by atoms with van der Waals surface area (Å²) in [6.45, 7) is 6.41. The maximum atomic E-state index is 6.06. The van der Waals surface area contributed by atoms with E-state index in [0.717, 1.165) is 20.6 Å². The van der Waals surface area contributed by atoms with Crippen LogP contribution < -0.4 is 5.73 Å². The first-order valence-corrected chi connectivity index (χ1v) is 7.26. The molecule has 0 radical (unpaired) electrons. The molecule has 4 heteroatoms. The summed E-state index contributed by atoms with van der Waals surface area (Å²) in [7, 11) is 0. The van der Waals surface area contributed by atoms with Crippen LogP contribution in [0.4, 0.5) is 5.00 Å². The van der Waals surface area contributed by atoms with E-state index in [-0.39, 0.29) is 0 Å². The van der Waals surface area contributed by atoms with Crippen LogP contribution in [0.2, 0.25) is 0 Å². The number of rotatable bonds is 3. The molecule has 0 amide bonds. The highest BCUT2D eigenvalue weighted by atomic mass is 32.2. The molecule has 0 aliphatic carbocycles. The Morgan fingerprint density at radius 3 is 2.65 bits per heavy atom. The average molecular weight is 264 g/mol. The van der Waals surface area contributed by atoms with E-state index in [4.69, 9.17) is 5.73 Å². The van der Waals surface area contributed by atoms with Gasteiger partial charge in [-0.25, -0.2) is 4.98 Å². The fourth-order valence-electron chi connectivity index (χ4n) is 1.60. The van der Waals surface area contributed by atoms with E-state index < -0.39 is 0 Å². The molecule has 0 saturated heterocycles. The number of aromatic nitrogens is 1. The van der Waals surface area contributed by atoms with Crippen molar-refractivity contribution < 1.29 is 0 Å². The molecule has 0 fully saturated rings. The van der Waals surface area contributed by atoms with E-state index in [1.165, 1.54) is 5.56 Å². The normalized spacial score (nSPS) is 11.1. The topological polar surface area (TPSA) is 38.9 Å². The van der Waals surface area contributed by atoms with Crippen LogP contribution in [-0.4, -0.2) is 10.2 Å². The Kier molecular flexibility index (Phi) is 3.74. The molecule has 0 spiro atoms. The van der Waals surface area contributed by atoms with Crippen molar-refractivity contribution in [2.24, 2.45) is 0 Å². The van der Waals surface area contributed by atoms with Crippen LogP contribution in [0.5, 0.6) is 0 Å². The minimum Gasteiger partial charge on any atom is -0.389 e. The molecule has 0 saturated carbocycles. The van der Waals surface area contributed by atoms with E-state index >= 15 is 0 Å². The maximum absolute atomic E-state index is 6.06. The number of nitrogens with zero attached hydrogens (tertiary/aromatic N) is 1. The largest absolute Gasteiger partial charge is 0.389 e. The number of thiazole rings is 1. The van der Waals surface area contributed by atoms with Crippen LogP contribution in [-0.2, 0) is 0 Å². The minimum atomic E-state index is 0.533. The van der Waals surface area contributed by atoms with Gasteiger partial charge in [-0.1, -0.05) is 61.2 Å². The lowest BCUT2D eigenvalue weighted by Gasteiger charge is -2.02. The second-order valence-corrected chi connectivity index (χ2v) is 7.03. The molecule has 17 heavy (non-hydrogen) atoms. The third kappa shape index (κ3) is 2.82. The molecule has 2 aromatic rings. The van der Waals surface area contributed by atoms with Gasteiger partial charge in [0.25, 0.3) is 0 Å². The molecule has 1 heterocycles. The fraction of sp³-hybridized carbons (Fsp3) is 0.308. The summed E-state index contributed by atoms with van der Waals surface area (Å²) in [4.78, 5) is 4.64. The Bertz CT molecular complexity index is 518. The average Bonchev–Trinajstić information content (AvgIpc) is 2.59. The highest BCUT2D eigenvalue weighted by Crippen LogP contribution is 2.37. The van der Waals surface area contributed by atoms with Gasteiger partial charge in [0.05, 0.1) is 0 Å². The number of nitrogen functional groups attached to an aromatic ring is 1. The first kappa shape index (κ1) is 12.5. The van der Waals surface area contributed by atoms with Gasteiger partial charge in [0.1, 0.15) is 10.7 Å². The molecule has 1 aromatic heterocycles. The highest BCUT2D eigenvalue weighted by molar-refractivity contribution is 8.01. The lowest BCUT2D eigenvalue weighted by atomic mass is 10.1. The number of thioether (sulfide) groups is 1. The summed E-state index contributed by atoms with van der Waals surface area (Å²) >= 11 is 3.34. The summed E-state index contributed by atoms with van der Waals surface area (Å²) < 4.78 is 1.05. The minimum absolute atomic E-state index is 0.533. The monoisotopic (exact) mass is 264 g/mol. The SMILES string of the molecule is Cc1ccccc1-c1nc(SC(C)C)sc1N. The van der Waals surface area contributed by atoms with E-state index in [0.29, 0.717) is 5.25 Å². The molecule has 2 nitrogen and oxygen atoms in total. The van der Waals surface area contributed by atoms with Gasteiger partial charge < -0.3 is 5.73 Å². The van der Waals surface area contributed by atoms with Gasteiger partial charge in [-0.2, -0.15) is 0 Å². The smallest absolute Gasteiger partial charge is 0.152 e. The summed E-state index contributed by atoms with van der Waals surface area (Å²) in [5.41, 5.74) is 9.34. The molecule has 0 bridgehead atoms. The van der Waals surface area contributed by atoms with Crippen molar-refractivity contribution in [1.29, 1.82) is 0 Å². The zero-order chi connectivity index (χ0) is 12.4. The number of hydrogen-bond acceptors (Lipinski definition) is 4. The predicted octanol–water partition coefficient (Wildman–Crippen LogP) is 4.20. The summed E-state index contributed by atoms with van der Waals surface area (Å²) in [6.07, 6.45) is 0. The molecule has 2 rings (SSSR count). The first-order valence-electron chi connectivity index (χ1n) is 5.57. The lowest BCUT2D eigenvalue weighted by molar-refractivity contribution is 1.10. The van der Waals surface area contributed by atoms with E-state index in [1.807, 2.05) is 12.1 Å². The highest BCUT2D eigenvalue weighted by Gasteiger charge is 2.13. The van der Waals surface area contributed by atoms with Crippen LogP contribution in [0.1, 0.15) is 19.4 Å². The van der Waals surface area contributed by atoms with Gasteiger partial charge in [0, 0.05) is 10.8 Å². The molecule has 0 unspecified atom stereocenters. The molecule has 90 valence electrons. The lowest BCUT2D eigenvalue weighted by Crippen LogP contribution is -1.89. The van der Waals surface area contributed by atoms with Crippen LogP contribution in [0.25, 0.3) is 11.3 Å². The van der Waals surface area contributed by atoms with Crippen molar-refractivity contribution in [3.8, 4) is 11.3 Å². The molecule has 0 aliphatic rings. The molecule has 0 atom stereocenters. The summed E-state index contributed by atoms with van der Waals surface area (Å²) in [6, 6.07) is 8.22. The zero-order valence-electron chi connectivity index (χ0n) is 10.2. The Labute approximate surface area is 110 Å². The van der Waals surface area contributed by atoms with E-state index in [2.05, 4.69) is 37.9 Å². The van der Waals surface area contributed by atoms with Crippen molar-refractivity contribution in [3.63, 3.8) is 0 Å². The number of anilines is 1. The van der Waals surface area contributed by atoms with Crippen molar-refractivity contribution in [1.82, 2.24) is 4.98 Å². The van der Waals surface area contributed by atoms with Crippen molar-refractivity contribution in [2.45, 2.75) is 30.4 Å². The van der Waals surface area contributed by atoms with Gasteiger partial charge in [-0.15, -0.1) is 0 Å². The zero-order valence-corrected chi connectivity index (χ0v) is 11.9. The van der Waals surface area contributed by atoms with Crippen LogP contribution >= 0.6 is 23.1 Å². The third-order valence-corrected chi connectivity index (χ3v) is 4.35.